The number of hydrogen-bond acceptors (Lipinski definition) is 4. The first-order valence-corrected chi connectivity index (χ1v) is 7.27. The van der Waals surface area contributed by atoms with Crippen molar-refractivity contribution in [1.82, 2.24) is 10.6 Å². The first-order chi connectivity index (χ1) is 10.9. The Morgan fingerprint density at radius 3 is 2.87 bits per heavy atom. The highest BCUT2D eigenvalue weighted by atomic mass is 19.4. The van der Waals surface area contributed by atoms with Gasteiger partial charge in [-0.25, -0.2) is 0 Å². The van der Waals surface area contributed by atoms with Crippen LogP contribution in [-0.2, 0) is 16.1 Å². The van der Waals surface area contributed by atoms with E-state index in [0.717, 1.165) is 0 Å². The minimum Gasteiger partial charge on any atom is -0.484 e. The maximum absolute atomic E-state index is 12.3. The van der Waals surface area contributed by atoms with E-state index in [2.05, 4.69) is 10.6 Å². The predicted octanol–water partition coefficient (Wildman–Crippen LogP) is 1.62. The van der Waals surface area contributed by atoms with Gasteiger partial charge >= 0.3 is 6.18 Å². The van der Waals surface area contributed by atoms with E-state index in [9.17, 15) is 18.0 Å². The molecule has 0 unspecified atom stereocenters. The van der Waals surface area contributed by atoms with E-state index in [-0.39, 0.29) is 24.3 Å². The summed E-state index contributed by atoms with van der Waals surface area (Å²) in [7, 11) is 0. The smallest absolute Gasteiger partial charge is 0.422 e. The van der Waals surface area contributed by atoms with E-state index in [1.807, 2.05) is 0 Å². The molecule has 2 rings (SSSR count). The molecule has 0 saturated carbocycles. The summed E-state index contributed by atoms with van der Waals surface area (Å²) >= 11 is 0. The predicted molar refractivity (Wildman–Crippen MR) is 77.0 cm³/mol. The highest BCUT2D eigenvalue weighted by Crippen LogP contribution is 2.22. The van der Waals surface area contributed by atoms with Gasteiger partial charge in [0.05, 0.1) is 12.7 Å². The third kappa shape index (κ3) is 5.40. The Hall–Kier alpha value is -1.80. The number of carbonyl (C=O) groups excluding carboxylic acids is 1. The third-order valence-corrected chi connectivity index (χ3v) is 3.42. The van der Waals surface area contributed by atoms with Gasteiger partial charge in [0.1, 0.15) is 11.8 Å². The number of halogens is 3. The largest absolute Gasteiger partial charge is 0.484 e. The number of nitrogens with one attached hydrogen (secondary N) is 2. The lowest BCUT2D eigenvalue weighted by atomic mass is 10.1. The molecule has 0 spiro atoms. The molecule has 0 bridgehead atoms. The Kier molecular flexibility index (Phi) is 5.84. The van der Waals surface area contributed by atoms with E-state index < -0.39 is 18.8 Å². The van der Waals surface area contributed by atoms with Crippen molar-refractivity contribution in [2.24, 2.45) is 0 Å². The standard InChI is InChI=1S/C15H19F3N2O3/c1-10-13(19-6-7-22-10)14(21)20-8-11-4-2-3-5-12(11)23-9-15(16,17)18/h2-5,10,13,19H,6-9H2,1H3,(H,20,21)/t10-,13+/m1/s1. The Morgan fingerprint density at radius 2 is 2.17 bits per heavy atom. The Labute approximate surface area is 132 Å². The summed E-state index contributed by atoms with van der Waals surface area (Å²) in [5.74, 6) is -0.158. The van der Waals surface area contributed by atoms with Crippen LogP contribution in [0.4, 0.5) is 13.2 Å². The van der Waals surface area contributed by atoms with E-state index >= 15 is 0 Å². The minimum atomic E-state index is -4.41. The molecule has 8 heteroatoms. The Balaban J connectivity index is 1.93. The molecule has 0 radical (unpaired) electrons. The quantitative estimate of drug-likeness (QED) is 0.860. The highest BCUT2D eigenvalue weighted by Gasteiger charge is 2.29. The van der Waals surface area contributed by atoms with Crippen LogP contribution in [0.1, 0.15) is 12.5 Å². The number of rotatable bonds is 5. The second-order valence-electron chi connectivity index (χ2n) is 5.24. The van der Waals surface area contributed by atoms with Crippen molar-refractivity contribution in [3.8, 4) is 5.75 Å². The van der Waals surface area contributed by atoms with Gasteiger partial charge in [-0.2, -0.15) is 13.2 Å². The summed E-state index contributed by atoms with van der Waals surface area (Å²) < 4.78 is 46.9. The van der Waals surface area contributed by atoms with Crippen LogP contribution >= 0.6 is 0 Å². The first kappa shape index (κ1) is 17.6. The molecule has 1 aromatic rings. The molecule has 5 nitrogen and oxygen atoms in total. The van der Waals surface area contributed by atoms with Gasteiger partial charge in [-0.3, -0.25) is 4.79 Å². The van der Waals surface area contributed by atoms with E-state index in [4.69, 9.17) is 9.47 Å². The van der Waals surface area contributed by atoms with Crippen molar-refractivity contribution >= 4 is 5.91 Å². The molecule has 1 aliphatic rings. The zero-order chi connectivity index (χ0) is 16.9. The van der Waals surface area contributed by atoms with E-state index in [0.29, 0.717) is 18.7 Å². The number of alkyl halides is 3. The summed E-state index contributed by atoms with van der Waals surface area (Å²) in [5, 5.41) is 5.74. The number of carbonyl (C=O) groups is 1. The van der Waals surface area contributed by atoms with Gasteiger partial charge in [-0.05, 0) is 13.0 Å². The molecule has 1 aliphatic heterocycles. The van der Waals surface area contributed by atoms with Gasteiger partial charge in [-0.1, -0.05) is 18.2 Å². The third-order valence-electron chi connectivity index (χ3n) is 3.42. The molecule has 1 heterocycles. The average molecular weight is 332 g/mol. The normalized spacial score (nSPS) is 21.7. The minimum absolute atomic E-state index is 0.0811. The molecule has 128 valence electrons. The number of para-hydroxylation sites is 1. The zero-order valence-corrected chi connectivity index (χ0v) is 12.7. The molecule has 1 aromatic carbocycles. The van der Waals surface area contributed by atoms with Gasteiger partial charge in [0.2, 0.25) is 5.91 Å². The van der Waals surface area contributed by atoms with Gasteiger partial charge in [0.15, 0.2) is 6.61 Å². The molecule has 23 heavy (non-hydrogen) atoms. The van der Waals surface area contributed by atoms with Crippen molar-refractivity contribution in [3.05, 3.63) is 29.8 Å². The van der Waals surface area contributed by atoms with Crippen molar-refractivity contribution < 1.29 is 27.4 Å². The van der Waals surface area contributed by atoms with Crippen LogP contribution < -0.4 is 15.4 Å². The lowest BCUT2D eigenvalue weighted by Gasteiger charge is -2.29. The maximum Gasteiger partial charge on any atom is 0.422 e. The number of benzene rings is 1. The topological polar surface area (TPSA) is 59.6 Å². The van der Waals surface area contributed by atoms with Crippen LogP contribution in [0.2, 0.25) is 0 Å². The van der Waals surface area contributed by atoms with Crippen LogP contribution in [-0.4, -0.2) is 44.0 Å². The van der Waals surface area contributed by atoms with Gasteiger partial charge in [-0.15, -0.1) is 0 Å². The molecule has 1 saturated heterocycles. The Bertz CT molecular complexity index is 537. The fourth-order valence-electron chi connectivity index (χ4n) is 2.27. The molecular weight excluding hydrogens is 313 g/mol. The van der Waals surface area contributed by atoms with E-state index in [1.54, 1.807) is 25.1 Å². The first-order valence-electron chi connectivity index (χ1n) is 7.27. The molecule has 1 amide bonds. The molecule has 2 N–H and O–H groups in total. The van der Waals surface area contributed by atoms with Crippen molar-refractivity contribution in [2.75, 3.05) is 19.8 Å². The van der Waals surface area contributed by atoms with Gasteiger partial charge < -0.3 is 20.1 Å². The number of morpholine rings is 1. The summed E-state index contributed by atoms with van der Waals surface area (Å²) in [5.41, 5.74) is 0.481. The van der Waals surface area contributed by atoms with Crippen LogP contribution in [0, 0.1) is 0 Å². The fraction of sp³-hybridized carbons (Fsp3) is 0.533. The summed E-state index contributed by atoms with van der Waals surface area (Å²) in [4.78, 5) is 12.1. The van der Waals surface area contributed by atoms with Crippen LogP contribution in [0.5, 0.6) is 5.75 Å². The maximum atomic E-state index is 12.3. The summed E-state index contributed by atoms with van der Waals surface area (Å²) in [6.45, 7) is 1.62. The van der Waals surface area contributed by atoms with Gasteiger partial charge in [0, 0.05) is 18.7 Å². The van der Waals surface area contributed by atoms with Crippen molar-refractivity contribution in [2.45, 2.75) is 31.8 Å². The summed E-state index contributed by atoms with van der Waals surface area (Å²) in [6.07, 6.45) is -4.67. The number of amides is 1. The molecule has 1 fully saturated rings. The lowest BCUT2D eigenvalue weighted by molar-refractivity contribution is -0.153. The van der Waals surface area contributed by atoms with Crippen molar-refractivity contribution in [1.29, 1.82) is 0 Å². The Morgan fingerprint density at radius 1 is 1.43 bits per heavy atom. The van der Waals surface area contributed by atoms with Crippen molar-refractivity contribution in [3.63, 3.8) is 0 Å². The molecule has 0 aromatic heterocycles. The fourth-order valence-corrected chi connectivity index (χ4v) is 2.27. The monoisotopic (exact) mass is 332 g/mol. The lowest BCUT2D eigenvalue weighted by Crippen LogP contribution is -2.55. The average Bonchev–Trinajstić information content (AvgIpc) is 2.51. The SMILES string of the molecule is C[C@H]1OCCN[C@@H]1C(=O)NCc1ccccc1OCC(F)(F)F. The second kappa shape index (κ2) is 7.65. The molecule has 0 aliphatic carbocycles. The van der Waals surface area contributed by atoms with Crippen LogP contribution in [0.15, 0.2) is 24.3 Å². The summed E-state index contributed by atoms with van der Waals surface area (Å²) in [6, 6.07) is 5.83. The second-order valence-corrected chi connectivity index (χ2v) is 5.24. The van der Waals surface area contributed by atoms with E-state index in [1.165, 1.54) is 6.07 Å². The zero-order valence-electron chi connectivity index (χ0n) is 12.7. The molecule has 2 atom stereocenters. The van der Waals surface area contributed by atoms with Crippen LogP contribution in [0.25, 0.3) is 0 Å². The van der Waals surface area contributed by atoms with Crippen LogP contribution in [0.3, 0.4) is 0 Å². The number of hydrogen-bond donors (Lipinski definition) is 2. The number of ether oxygens (including phenoxy) is 2. The molecular formula is C15H19F3N2O3. The highest BCUT2D eigenvalue weighted by molar-refractivity contribution is 5.82. The van der Waals surface area contributed by atoms with Gasteiger partial charge in [0.25, 0.3) is 0 Å².